The van der Waals surface area contributed by atoms with E-state index in [0.717, 1.165) is 0 Å². The fourth-order valence-corrected chi connectivity index (χ4v) is 0.985. The quantitative estimate of drug-likeness (QED) is 0.578. The first-order valence-corrected chi connectivity index (χ1v) is 5.13. The van der Waals surface area contributed by atoms with Crippen LogP contribution in [0.1, 0.15) is 33.6 Å². The first kappa shape index (κ1) is 13.4. The smallest absolute Gasteiger partial charge is 0.220 e. The average Bonchev–Trinajstić information content (AvgIpc) is 2.13. The van der Waals surface area contributed by atoms with Crippen molar-refractivity contribution in [1.29, 1.82) is 0 Å². The lowest BCUT2D eigenvalue weighted by Gasteiger charge is -2.19. The summed E-state index contributed by atoms with van der Waals surface area (Å²) in [7, 11) is 0. The third kappa shape index (κ3) is 5.94. The lowest BCUT2D eigenvalue weighted by molar-refractivity contribution is -0.122. The maximum Gasteiger partial charge on any atom is 0.220 e. The van der Waals surface area contributed by atoms with E-state index in [1.54, 1.807) is 0 Å². The molecule has 4 nitrogen and oxygen atoms in total. The van der Waals surface area contributed by atoms with E-state index in [-0.39, 0.29) is 30.5 Å². The van der Waals surface area contributed by atoms with Crippen LogP contribution in [0, 0.1) is 5.92 Å². The number of rotatable bonds is 6. The highest BCUT2D eigenvalue weighted by atomic mass is 16.3. The number of nitrogens with two attached hydrogens (primary N) is 1. The molecule has 0 bridgehead atoms. The molecular formula is C10H22N2O2. The minimum Gasteiger partial charge on any atom is -0.396 e. The summed E-state index contributed by atoms with van der Waals surface area (Å²) in [6.45, 7) is 5.77. The standard InChI is InChI=1S/C10H22N2O2/c1-7(6-13)9(3)12-10(14)5-4-8(2)11/h7-9,13H,4-6,11H2,1-3H3,(H,12,14). The highest BCUT2D eigenvalue weighted by Gasteiger charge is 2.13. The zero-order valence-corrected chi connectivity index (χ0v) is 9.29. The van der Waals surface area contributed by atoms with Gasteiger partial charge in [0.05, 0.1) is 0 Å². The van der Waals surface area contributed by atoms with Crippen LogP contribution in [0.15, 0.2) is 0 Å². The molecule has 0 spiro atoms. The molecule has 0 aliphatic heterocycles. The molecule has 0 heterocycles. The van der Waals surface area contributed by atoms with Gasteiger partial charge in [-0.3, -0.25) is 4.79 Å². The monoisotopic (exact) mass is 202 g/mol. The van der Waals surface area contributed by atoms with Gasteiger partial charge in [0.2, 0.25) is 5.91 Å². The zero-order valence-electron chi connectivity index (χ0n) is 9.29. The lowest BCUT2D eigenvalue weighted by atomic mass is 10.0. The van der Waals surface area contributed by atoms with Gasteiger partial charge in [0.1, 0.15) is 0 Å². The normalized spacial score (nSPS) is 17.2. The Labute approximate surface area is 85.9 Å². The molecule has 0 saturated carbocycles. The van der Waals surface area contributed by atoms with Crippen molar-refractivity contribution in [3.05, 3.63) is 0 Å². The summed E-state index contributed by atoms with van der Waals surface area (Å²) in [5.74, 6) is 0.101. The molecule has 0 fully saturated rings. The van der Waals surface area contributed by atoms with E-state index in [0.29, 0.717) is 12.8 Å². The van der Waals surface area contributed by atoms with Crippen LogP contribution in [0.2, 0.25) is 0 Å². The fourth-order valence-electron chi connectivity index (χ4n) is 0.985. The molecule has 0 aliphatic carbocycles. The summed E-state index contributed by atoms with van der Waals surface area (Å²) < 4.78 is 0. The molecule has 0 radical (unpaired) electrons. The topological polar surface area (TPSA) is 75.4 Å². The fraction of sp³-hybridized carbons (Fsp3) is 0.900. The van der Waals surface area contributed by atoms with E-state index in [9.17, 15) is 4.79 Å². The van der Waals surface area contributed by atoms with Crippen LogP contribution in [-0.4, -0.2) is 29.7 Å². The van der Waals surface area contributed by atoms with E-state index < -0.39 is 0 Å². The second kappa shape index (κ2) is 6.79. The predicted octanol–water partition coefficient (Wildman–Crippen LogP) is 0.247. The van der Waals surface area contributed by atoms with Crippen molar-refractivity contribution in [3.63, 3.8) is 0 Å². The number of amides is 1. The van der Waals surface area contributed by atoms with Crippen LogP contribution in [0.25, 0.3) is 0 Å². The molecule has 84 valence electrons. The molecule has 0 aromatic rings. The Morgan fingerprint density at radius 2 is 2.00 bits per heavy atom. The van der Waals surface area contributed by atoms with Crippen molar-refractivity contribution in [3.8, 4) is 0 Å². The Bertz CT molecular complexity index is 172. The van der Waals surface area contributed by atoms with Crippen LogP contribution < -0.4 is 11.1 Å². The number of carbonyl (C=O) groups excluding carboxylic acids is 1. The number of aliphatic hydroxyl groups excluding tert-OH is 1. The van der Waals surface area contributed by atoms with Crippen molar-refractivity contribution >= 4 is 5.91 Å². The summed E-state index contributed by atoms with van der Waals surface area (Å²) in [6.07, 6.45) is 1.16. The second-order valence-electron chi connectivity index (χ2n) is 4.03. The molecule has 0 rings (SSSR count). The van der Waals surface area contributed by atoms with Gasteiger partial charge in [0.15, 0.2) is 0 Å². The predicted molar refractivity (Wildman–Crippen MR) is 56.7 cm³/mol. The van der Waals surface area contributed by atoms with Crippen LogP contribution in [0.3, 0.4) is 0 Å². The summed E-state index contributed by atoms with van der Waals surface area (Å²) in [5.41, 5.74) is 5.54. The maximum atomic E-state index is 11.3. The van der Waals surface area contributed by atoms with Crippen molar-refractivity contribution in [2.45, 2.75) is 45.7 Å². The van der Waals surface area contributed by atoms with Gasteiger partial charge in [-0.25, -0.2) is 0 Å². The first-order valence-electron chi connectivity index (χ1n) is 5.13. The van der Waals surface area contributed by atoms with Gasteiger partial charge in [0, 0.05) is 25.1 Å². The number of hydrogen-bond donors (Lipinski definition) is 3. The van der Waals surface area contributed by atoms with Crippen molar-refractivity contribution < 1.29 is 9.90 Å². The molecule has 3 atom stereocenters. The van der Waals surface area contributed by atoms with E-state index in [1.807, 2.05) is 20.8 Å². The average molecular weight is 202 g/mol. The van der Waals surface area contributed by atoms with Gasteiger partial charge in [-0.2, -0.15) is 0 Å². The highest BCUT2D eigenvalue weighted by molar-refractivity contribution is 5.76. The Morgan fingerprint density at radius 3 is 2.43 bits per heavy atom. The van der Waals surface area contributed by atoms with Crippen molar-refractivity contribution in [2.24, 2.45) is 11.7 Å². The summed E-state index contributed by atoms with van der Waals surface area (Å²) >= 11 is 0. The molecule has 0 saturated heterocycles. The van der Waals surface area contributed by atoms with Crippen LogP contribution in [-0.2, 0) is 4.79 Å². The summed E-state index contributed by atoms with van der Waals surface area (Å²) in [4.78, 5) is 11.3. The Kier molecular flexibility index (Phi) is 6.49. The summed E-state index contributed by atoms with van der Waals surface area (Å²) in [6, 6.07) is 0.0758. The van der Waals surface area contributed by atoms with E-state index >= 15 is 0 Å². The number of aliphatic hydroxyl groups is 1. The minimum absolute atomic E-state index is 0.00935. The molecule has 4 heteroatoms. The highest BCUT2D eigenvalue weighted by Crippen LogP contribution is 2.02. The van der Waals surface area contributed by atoms with Gasteiger partial charge >= 0.3 is 0 Å². The Hall–Kier alpha value is -0.610. The van der Waals surface area contributed by atoms with Gasteiger partial charge in [0.25, 0.3) is 0 Å². The third-order valence-corrected chi connectivity index (χ3v) is 2.36. The molecule has 1 amide bonds. The molecule has 3 unspecified atom stereocenters. The van der Waals surface area contributed by atoms with Gasteiger partial charge in [-0.05, 0) is 26.2 Å². The number of carbonyl (C=O) groups is 1. The zero-order chi connectivity index (χ0) is 11.1. The van der Waals surface area contributed by atoms with Gasteiger partial charge < -0.3 is 16.2 Å². The van der Waals surface area contributed by atoms with Crippen molar-refractivity contribution in [2.75, 3.05) is 6.61 Å². The SMILES string of the molecule is CC(N)CCC(=O)NC(C)C(C)CO. The summed E-state index contributed by atoms with van der Waals surface area (Å²) in [5, 5.41) is 11.7. The molecule has 4 N–H and O–H groups in total. The molecular weight excluding hydrogens is 180 g/mol. The second-order valence-corrected chi connectivity index (χ2v) is 4.03. The number of nitrogens with one attached hydrogen (secondary N) is 1. The number of hydrogen-bond acceptors (Lipinski definition) is 3. The molecule has 0 aromatic heterocycles. The lowest BCUT2D eigenvalue weighted by Crippen LogP contribution is -2.38. The molecule has 0 aliphatic rings. The van der Waals surface area contributed by atoms with Gasteiger partial charge in [-0.15, -0.1) is 0 Å². The third-order valence-electron chi connectivity index (χ3n) is 2.36. The minimum atomic E-state index is 0.00935. The van der Waals surface area contributed by atoms with E-state index in [2.05, 4.69) is 5.32 Å². The maximum absolute atomic E-state index is 11.3. The van der Waals surface area contributed by atoms with E-state index in [1.165, 1.54) is 0 Å². The van der Waals surface area contributed by atoms with Crippen LogP contribution >= 0.6 is 0 Å². The molecule has 0 aromatic carbocycles. The largest absolute Gasteiger partial charge is 0.396 e. The Morgan fingerprint density at radius 1 is 1.43 bits per heavy atom. The van der Waals surface area contributed by atoms with Crippen molar-refractivity contribution in [1.82, 2.24) is 5.32 Å². The van der Waals surface area contributed by atoms with Crippen LogP contribution in [0.4, 0.5) is 0 Å². The van der Waals surface area contributed by atoms with E-state index in [4.69, 9.17) is 10.8 Å². The Balaban J connectivity index is 3.71. The van der Waals surface area contributed by atoms with Crippen LogP contribution in [0.5, 0.6) is 0 Å². The first-order chi connectivity index (χ1) is 6.47. The van der Waals surface area contributed by atoms with Gasteiger partial charge in [-0.1, -0.05) is 6.92 Å². The molecule has 14 heavy (non-hydrogen) atoms.